The maximum Gasteiger partial charge on any atom is 0.252 e. The fourth-order valence-electron chi connectivity index (χ4n) is 6.06. The molecule has 2 saturated heterocycles. The van der Waals surface area contributed by atoms with Crippen molar-refractivity contribution in [3.8, 4) is 0 Å². The van der Waals surface area contributed by atoms with E-state index in [1.165, 1.54) is 10.6 Å². The fourth-order valence-corrected chi connectivity index (χ4v) is 7.21. The molecule has 0 spiro atoms. The molecule has 3 fully saturated rings. The van der Waals surface area contributed by atoms with Crippen molar-refractivity contribution in [3.05, 3.63) is 40.9 Å². The number of aliphatic imine (C=N–C) groups is 1. The first-order chi connectivity index (χ1) is 15.4. The van der Waals surface area contributed by atoms with Crippen LogP contribution in [0, 0.1) is 35.5 Å². The van der Waals surface area contributed by atoms with E-state index in [1.54, 1.807) is 11.8 Å². The molecule has 5 aliphatic rings. The fraction of sp³-hybridized carbons (Fsp3) is 0.560. The van der Waals surface area contributed by atoms with Gasteiger partial charge in [0.05, 0.1) is 17.5 Å². The monoisotopic (exact) mass is 471 g/mol. The lowest BCUT2D eigenvalue weighted by atomic mass is 9.54. The summed E-state index contributed by atoms with van der Waals surface area (Å²) in [5, 5.41) is 4.72. The van der Waals surface area contributed by atoms with Crippen LogP contribution in [0.25, 0.3) is 0 Å². The number of hydrogen-bond donors (Lipinski definition) is 0. The summed E-state index contributed by atoms with van der Waals surface area (Å²) in [6.07, 6.45) is 5.27. The van der Waals surface area contributed by atoms with E-state index in [4.69, 9.17) is 16.6 Å². The summed E-state index contributed by atoms with van der Waals surface area (Å²) in [6, 6.07) is 7.36. The van der Waals surface area contributed by atoms with Crippen LogP contribution in [0.15, 0.2) is 40.9 Å². The Morgan fingerprint density at radius 1 is 1.09 bits per heavy atom. The number of hydrazine groups is 1. The summed E-state index contributed by atoms with van der Waals surface area (Å²) < 4.78 is 0. The van der Waals surface area contributed by atoms with Gasteiger partial charge in [-0.3, -0.25) is 14.6 Å². The number of carbonyl (C=O) groups excluding carboxylic acids is 2. The standard InChI is InChI=1S/C25H30ClN3O2S/c1-14(2)18-13-19-15(3)12-20(18)22-21(19)23(30)29(24(22)31)28-10-4-5-11-32-25(28)27-17-8-6-16(26)7-9-17/h6-9,12,14,18-22H,4-5,10-11,13H2,1-3H3/t18-,19+,20+,21?,22?/m1/s1. The number of rotatable bonds is 3. The third-order valence-electron chi connectivity index (χ3n) is 7.65. The number of fused-ring (bicyclic) bond motifs is 1. The molecule has 1 saturated carbocycles. The molecule has 2 unspecified atom stereocenters. The van der Waals surface area contributed by atoms with Gasteiger partial charge in [0, 0.05) is 17.3 Å². The maximum absolute atomic E-state index is 13.8. The second kappa shape index (κ2) is 8.53. The zero-order chi connectivity index (χ0) is 22.6. The lowest BCUT2D eigenvalue weighted by molar-refractivity contribution is -0.152. The van der Waals surface area contributed by atoms with Gasteiger partial charge >= 0.3 is 0 Å². The average molecular weight is 472 g/mol. The number of halogens is 1. The zero-order valence-electron chi connectivity index (χ0n) is 18.8. The molecule has 0 aromatic heterocycles. The second-order valence-corrected chi connectivity index (χ2v) is 11.3. The lowest BCUT2D eigenvalue weighted by Gasteiger charge is -2.48. The number of benzene rings is 1. The van der Waals surface area contributed by atoms with Gasteiger partial charge in [0.15, 0.2) is 5.17 Å². The van der Waals surface area contributed by atoms with Crippen LogP contribution in [0.1, 0.15) is 40.0 Å². The predicted octanol–water partition coefficient (Wildman–Crippen LogP) is 5.54. The van der Waals surface area contributed by atoms with Crippen molar-refractivity contribution >= 4 is 46.0 Å². The molecule has 2 bridgehead atoms. The van der Waals surface area contributed by atoms with Gasteiger partial charge in [-0.05, 0) is 74.1 Å². The summed E-state index contributed by atoms with van der Waals surface area (Å²) in [4.78, 5) is 32.4. The average Bonchev–Trinajstić information content (AvgIpc) is 2.90. The number of amides is 2. The Balaban J connectivity index is 1.50. The molecule has 170 valence electrons. The molecule has 7 heteroatoms. The first-order valence-corrected chi connectivity index (χ1v) is 13.0. The van der Waals surface area contributed by atoms with Gasteiger partial charge in [-0.1, -0.05) is 48.9 Å². The Hall–Kier alpha value is -1.79. The van der Waals surface area contributed by atoms with Gasteiger partial charge in [0.1, 0.15) is 0 Å². The van der Waals surface area contributed by atoms with Crippen molar-refractivity contribution in [1.29, 1.82) is 0 Å². The third-order valence-corrected chi connectivity index (χ3v) is 8.95. The highest BCUT2D eigenvalue weighted by molar-refractivity contribution is 8.13. The molecule has 6 rings (SSSR count). The van der Waals surface area contributed by atoms with E-state index in [2.05, 4.69) is 26.8 Å². The smallest absolute Gasteiger partial charge is 0.252 e. The van der Waals surface area contributed by atoms with E-state index < -0.39 is 0 Å². The SMILES string of the molecule is CC1=C[C@@H]2C3C(=O)N(N4CCCCSC4=Nc4ccc(Cl)cc4)C(=O)C3[C@H]1C[C@@H]2C(C)C. The van der Waals surface area contributed by atoms with Gasteiger partial charge in [0.2, 0.25) is 0 Å². The number of allylic oxidation sites excluding steroid dienone is 2. The van der Waals surface area contributed by atoms with Crippen LogP contribution < -0.4 is 0 Å². The van der Waals surface area contributed by atoms with Crippen LogP contribution in [0.3, 0.4) is 0 Å². The maximum atomic E-state index is 13.8. The molecular formula is C25H30ClN3O2S. The molecular weight excluding hydrogens is 442 g/mol. The highest BCUT2D eigenvalue weighted by Gasteiger charge is 2.62. The van der Waals surface area contributed by atoms with Gasteiger partial charge in [-0.25, -0.2) is 4.99 Å². The van der Waals surface area contributed by atoms with Crippen molar-refractivity contribution < 1.29 is 9.59 Å². The van der Waals surface area contributed by atoms with Crippen LogP contribution in [-0.4, -0.2) is 39.3 Å². The molecule has 2 amide bonds. The second-order valence-electron chi connectivity index (χ2n) is 9.83. The van der Waals surface area contributed by atoms with Crippen LogP contribution in [0.5, 0.6) is 0 Å². The van der Waals surface area contributed by atoms with E-state index in [1.807, 2.05) is 29.3 Å². The van der Waals surface area contributed by atoms with Crippen LogP contribution >= 0.6 is 23.4 Å². The zero-order valence-corrected chi connectivity index (χ0v) is 20.4. The highest BCUT2D eigenvalue weighted by Crippen LogP contribution is 2.56. The summed E-state index contributed by atoms with van der Waals surface area (Å²) in [7, 11) is 0. The molecule has 2 heterocycles. The minimum atomic E-state index is -0.234. The number of nitrogens with zero attached hydrogens (tertiary/aromatic N) is 3. The van der Waals surface area contributed by atoms with Crippen LogP contribution in [0.2, 0.25) is 5.02 Å². The van der Waals surface area contributed by atoms with E-state index in [9.17, 15) is 9.59 Å². The van der Waals surface area contributed by atoms with E-state index in [0.717, 1.165) is 35.9 Å². The minimum Gasteiger partial charge on any atom is -0.272 e. The Morgan fingerprint density at radius 2 is 1.81 bits per heavy atom. The molecule has 5 atom stereocenters. The van der Waals surface area contributed by atoms with Crippen LogP contribution in [-0.2, 0) is 9.59 Å². The van der Waals surface area contributed by atoms with Crippen molar-refractivity contribution in [1.82, 2.24) is 10.0 Å². The number of imide groups is 1. The van der Waals surface area contributed by atoms with Gasteiger partial charge in [-0.2, -0.15) is 5.01 Å². The van der Waals surface area contributed by atoms with Gasteiger partial charge in [0.25, 0.3) is 11.8 Å². The Kier molecular flexibility index (Phi) is 5.87. The highest BCUT2D eigenvalue weighted by atomic mass is 35.5. The molecule has 0 radical (unpaired) electrons. The van der Waals surface area contributed by atoms with Crippen molar-refractivity contribution in [2.24, 2.45) is 40.5 Å². The van der Waals surface area contributed by atoms with E-state index in [-0.39, 0.29) is 35.5 Å². The molecule has 32 heavy (non-hydrogen) atoms. The summed E-state index contributed by atoms with van der Waals surface area (Å²) in [6.45, 7) is 7.25. The summed E-state index contributed by atoms with van der Waals surface area (Å²) in [5.74, 6) is 1.69. The van der Waals surface area contributed by atoms with Crippen molar-refractivity contribution in [3.63, 3.8) is 0 Å². The number of hydrogen-bond acceptors (Lipinski definition) is 4. The Bertz CT molecular complexity index is 989. The summed E-state index contributed by atoms with van der Waals surface area (Å²) in [5.41, 5.74) is 2.06. The molecule has 3 aliphatic carbocycles. The molecule has 1 aromatic rings. The lowest BCUT2D eigenvalue weighted by Crippen LogP contribution is -2.49. The Morgan fingerprint density at radius 3 is 2.53 bits per heavy atom. The Labute approximate surface area is 199 Å². The molecule has 5 nitrogen and oxygen atoms in total. The number of amidine groups is 1. The quantitative estimate of drug-likeness (QED) is 0.429. The summed E-state index contributed by atoms with van der Waals surface area (Å²) >= 11 is 7.66. The molecule has 2 aliphatic heterocycles. The topological polar surface area (TPSA) is 53.0 Å². The van der Waals surface area contributed by atoms with E-state index in [0.29, 0.717) is 23.4 Å². The molecule has 0 N–H and O–H groups in total. The first-order valence-electron chi connectivity index (χ1n) is 11.7. The third kappa shape index (κ3) is 3.60. The van der Waals surface area contributed by atoms with Crippen molar-refractivity contribution in [2.45, 2.75) is 40.0 Å². The molecule has 1 aromatic carbocycles. The van der Waals surface area contributed by atoms with E-state index >= 15 is 0 Å². The van der Waals surface area contributed by atoms with Crippen LogP contribution in [0.4, 0.5) is 5.69 Å². The largest absolute Gasteiger partial charge is 0.272 e. The normalized spacial score (nSPS) is 33.7. The van der Waals surface area contributed by atoms with Crippen molar-refractivity contribution in [2.75, 3.05) is 12.3 Å². The minimum absolute atomic E-state index is 0.0315. The number of carbonyl (C=O) groups is 2. The number of thioether (sulfide) groups is 1. The van der Waals surface area contributed by atoms with Gasteiger partial charge < -0.3 is 0 Å². The first kappa shape index (κ1) is 22.0. The van der Waals surface area contributed by atoms with Gasteiger partial charge in [-0.15, -0.1) is 0 Å². The predicted molar refractivity (Wildman–Crippen MR) is 129 cm³/mol.